The monoisotopic (exact) mass is 228 g/mol. The second-order valence-corrected chi connectivity index (χ2v) is 5.43. The lowest BCUT2D eigenvalue weighted by Gasteiger charge is -2.43. The summed E-state index contributed by atoms with van der Waals surface area (Å²) in [5.74, 6) is -0.880. The first-order valence-electron chi connectivity index (χ1n) is 5.45. The number of carbonyl (C=O) groups is 2. The summed E-state index contributed by atoms with van der Waals surface area (Å²) in [5, 5.41) is 11.9. The second kappa shape index (κ2) is 4.05. The summed E-state index contributed by atoms with van der Waals surface area (Å²) in [5.41, 5.74) is -1.47. The van der Waals surface area contributed by atoms with Gasteiger partial charge in [-0.05, 0) is 27.7 Å². The maximum atomic E-state index is 11.7. The Kier molecular flexibility index (Phi) is 3.28. The zero-order valence-electron chi connectivity index (χ0n) is 10.3. The number of hydrogen-bond acceptors (Lipinski definition) is 3. The third kappa shape index (κ3) is 2.35. The number of aliphatic carboxylic acids is 1. The van der Waals surface area contributed by atoms with E-state index in [2.05, 4.69) is 5.32 Å². The van der Waals surface area contributed by atoms with Gasteiger partial charge in [0.15, 0.2) is 0 Å². The first kappa shape index (κ1) is 13.0. The van der Waals surface area contributed by atoms with Crippen molar-refractivity contribution >= 4 is 11.9 Å². The van der Waals surface area contributed by atoms with E-state index in [-0.39, 0.29) is 5.91 Å². The van der Waals surface area contributed by atoms with Gasteiger partial charge in [0.05, 0.1) is 11.0 Å². The molecular weight excluding hydrogens is 208 g/mol. The minimum absolute atomic E-state index is 0.0417. The van der Waals surface area contributed by atoms with Crippen LogP contribution in [0.1, 0.15) is 27.7 Å². The first-order valence-corrected chi connectivity index (χ1v) is 5.45. The molecule has 5 nitrogen and oxygen atoms in total. The summed E-state index contributed by atoms with van der Waals surface area (Å²) in [4.78, 5) is 24.7. The molecule has 92 valence electrons. The summed E-state index contributed by atoms with van der Waals surface area (Å²) in [6, 6.07) is 0. The molecule has 2 N–H and O–H groups in total. The molecule has 0 spiro atoms. The van der Waals surface area contributed by atoms with Gasteiger partial charge in [0.25, 0.3) is 0 Å². The molecule has 1 fully saturated rings. The van der Waals surface area contributed by atoms with Gasteiger partial charge in [0.2, 0.25) is 5.91 Å². The van der Waals surface area contributed by atoms with Crippen molar-refractivity contribution in [2.45, 2.75) is 33.2 Å². The lowest BCUT2D eigenvalue weighted by atomic mass is 9.89. The zero-order chi connectivity index (χ0) is 12.6. The van der Waals surface area contributed by atoms with Crippen molar-refractivity contribution in [2.75, 3.05) is 19.6 Å². The van der Waals surface area contributed by atoms with Crippen LogP contribution in [-0.2, 0) is 9.59 Å². The number of piperazine rings is 1. The molecule has 0 aromatic rings. The minimum atomic E-state index is -0.839. The third-order valence-electron chi connectivity index (χ3n) is 3.18. The highest BCUT2D eigenvalue weighted by Crippen LogP contribution is 2.24. The van der Waals surface area contributed by atoms with Crippen LogP contribution < -0.4 is 5.32 Å². The van der Waals surface area contributed by atoms with Crippen molar-refractivity contribution < 1.29 is 14.7 Å². The number of carboxylic acids is 1. The number of carbonyl (C=O) groups excluding carboxylic acids is 1. The van der Waals surface area contributed by atoms with Crippen LogP contribution in [-0.4, -0.2) is 47.1 Å². The predicted molar refractivity (Wildman–Crippen MR) is 60.1 cm³/mol. The fourth-order valence-corrected chi connectivity index (χ4v) is 1.77. The van der Waals surface area contributed by atoms with E-state index < -0.39 is 16.9 Å². The molecule has 0 aromatic carbocycles. The van der Waals surface area contributed by atoms with E-state index in [1.165, 1.54) is 0 Å². The Morgan fingerprint density at radius 3 is 2.62 bits per heavy atom. The standard InChI is InChI=1S/C11H20N2O3/c1-10(2,9(15)16)7-13-6-5-12-8(14)11(13,3)4/h5-7H2,1-4H3,(H,12,14)(H,15,16). The fourth-order valence-electron chi connectivity index (χ4n) is 1.77. The summed E-state index contributed by atoms with van der Waals surface area (Å²) in [6.45, 7) is 8.64. The smallest absolute Gasteiger partial charge is 0.310 e. The van der Waals surface area contributed by atoms with E-state index >= 15 is 0 Å². The van der Waals surface area contributed by atoms with E-state index in [0.717, 1.165) is 0 Å². The molecule has 0 radical (unpaired) electrons. The van der Waals surface area contributed by atoms with Crippen LogP contribution in [0.15, 0.2) is 0 Å². The number of nitrogens with zero attached hydrogens (tertiary/aromatic N) is 1. The molecule has 0 atom stereocenters. The van der Waals surface area contributed by atoms with Crippen molar-refractivity contribution in [3.63, 3.8) is 0 Å². The van der Waals surface area contributed by atoms with Crippen LogP contribution in [0.2, 0.25) is 0 Å². The molecule has 1 rings (SSSR count). The fraction of sp³-hybridized carbons (Fsp3) is 0.818. The Morgan fingerprint density at radius 1 is 1.56 bits per heavy atom. The summed E-state index contributed by atoms with van der Waals surface area (Å²) in [7, 11) is 0. The highest BCUT2D eigenvalue weighted by atomic mass is 16.4. The van der Waals surface area contributed by atoms with E-state index in [1.54, 1.807) is 13.8 Å². The SMILES string of the molecule is CC(C)(CN1CCNC(=O)C1(C)C)C(=O)O. The molecule has 0 bridgehead atoms. The maximum absolute atomic E-state index is 11.7. The van der Waals surface area contributed by atoms with E-state index in [0.29, 0.717) is 19.6 Å². The van der Waals surface area contributed by atoms with Gasteiger partial charge < -0.3 is 10.4 Å². The molecule has 1 saturated heterocycles. The molecule has 0 saturated carbocycles. The molecule has 0 aromatic heterocycles. The Hall–Kier alpha value is -1.10. The molecular formula is C11H20N2O3. The Balaban J connectivity index is 2.81. The highest BCUT2D eigenvalue weighted by Gasteiger charge is 2.41. The van der Waals surface area contributed by atoms with E-state index in [4.69, 9.17) is 5.11 Å². The van der Waals surface area contributed by atoms with Crippen molar-refractivity contribution in [3.05, 3.63) is 0 Å². The maximum Gasteiger partial charge on any atom is 0.310 e. The van der Waals surface area contributed by atoms with Crippen LogP contribution in [0.4, 0.5) is 0 Å². The molecule has 1 aliphatic heterocycles. The van der Waals surface area contributed by atoms with Gasteiger partial charge in [-0.2, -0.15) is 0 Å². The van der Waals surface area contributed by atoms with Crippen molar-refractivity contribution in [1.29, 1.82) is 0 Å². The summed E-state index contributed by atoms with van der Waals surface area (Å²) < 4.78 is 0. The number of amides is 1. The average molecular weight is 228 g/mol. The molecule has 0 unspecified atom stereocenters. The second-order valence-electron chi connectivity index (χ2n) is 5.43. The Morgan fingerprint density at radius 2 is 2.12 bits per heavy atom. The van der Waals surface area contributed by atoms with E-state index in [9.17, 15) is 9.59 Å². The van der Waals surface area contributed by atoms with Crippen molar-refractivity contribution in [2.24, 2.45) is 5.41 Å². The van der Waals surface area contributed by atoms with Gasteiger partial charge in [0, 0.05) is 19.6 Å². The first-order chi connectivity index (χ1) is 7.18. The molecule has 5 heteroatoms. The summed E-state index contributed by atoms with van der Waals surface area (Å²) >= 11 is 0. The zero-order valence-corrected chi connectivity index (χ0v) is 10.3. The van der Waals surface area contributed by atoms with Crippen LogP contribution in [0.5, 0.6) is 0 Å². The van der Waals surface area contributed by atoms with E-state index in [1.807, 2.05) is 18.7 Å². The number of carboxylic acid groups (broad SMARTS) is 1. The van der Waals surface area contributed by atoms with Crippen LogP contribution in [0, 0.1) is 5.41 Å². The van der Waals surface area contributed by atoms with Gasteiger partial charge in [-0.1, -0.05) is 0 Å². The normalized spacial score (nSPS) is 21.6. The third-order valence-corrected chi connectivity index (χ3v) is 3.18. The molecule has 1 amide bonds. The minimum Gasteiger partial charge on any atom is -0.481 e. The lowest BCUT2D eigenvalue weighted by molar-refractivity contribution is -0.151. The van der Waals surface area contributed by atoms with Gasteiger partial charge in [-0.3, -0.25) is 14.5 Å². The highest BCUT2D eigenvalue weighted by molar-refractivity contribution is 5.86. The molecule has 0 aliphatic carbocycles. The topological polar surface area (TPSA) is 69.6 Å². The van der Waals surface area contributed by atoms with Gasteiger partial charge >= 0.3 is 5.97 Å². The largest absolute Gasteiger partial charge is 0.481 e. The van der Waals surface area contributed by atoms with Crippen molar-refractivity contribution in [1.82, 2.24) is 10.2 Å². The average Bonchev–Trinajstić information content (AvgIpc) is 2.13. The summed E-state index contributed by atoms with van der Waals surface area (Å²) in [6.07, 6.45) is 0. The van der Waals surface area contributed by atoms with Crippen LogP contribution >= 0.6 is 0 Å². The number of hydrogen-bond donors (Lipinski definition) is 2. The van der Waals surface area contributed by atoms with Gasteiger partial charge in [0.1, 0.15) is 0 Å². The number of nitrogens with one attached hydrogen (secondary N) is 1. The molecule has 16 heavy (non-hydrogen) atoms. The van der Waals surface area contributed by atoms with Crippen molar-refractivity contribution in [3.8, 4) is 0 Å². The predicted octanol–water partition coefficient (Wildman–Crippen LogP) is 0.308. The lowest BCUT2D eigenvalue weighted by Crippen LogP contribution is -2.63. The van der Waals surface area contributed by atoms with Crippen LogP contribution in [0.3, 0.4) is 0 Å². The quantitative estimate of drug-likeness (QED) is 0.729. The van der Waals surface area contributed by atoms with Crippen LogP contribution in [0.25, 0.3) is 0 Å². The van der Waals surface area contributed by atoms with Gasteiger partial charge in [-0.15, -0.1) is 0 Å². The Bertz CT molecular complexity index is 310. The molecule has 1 aliphatic rings. The number of rotatable bonds is 3. The Labute approximate surface area is 95.8 Å². The van der Waals surface area contributed by atoms with Gasteiger partial charge in [-0.25, -0.2) is 0 Å². The molecule has 1 heterocycles.